The summed E-state index contributed by atoms with van der Waals surface area (Å²) in [5, 5.41) is 0. The Morgan fingerprint density at radius 2 is 1.54 bits per heavy atom. The van der Waals surface area contributed by atoms with Crippen LogP contribution in [0.15, 0.2) is 11.8 Å². The number of alkyl halides is 2. The van der Waals surface area contributed by atoms with E-state index >= 15 is 0 Å². The van der Waals surface area contributed by atoms with Crippen molar-refractivity contribution in [3.05, 3.63) is 40.4 Å². The highest BCUT2D eigenvalue weighted by Crippen LogP contribution is 2.39. The summed E-state index contributed by atoms with van der Waals surface area (Å²) in [5.74, 6) is -5.35. The lowest BCUT2D eigenvalue weighted by Crippen LogP contribution is -2.41. The van der Waals surface area contributed by atoms with E-state index < -0.39 is 59.1 Å². The van der Waals surface area contributed by atoms with E-state index in [0.29, 0.717) is 6.08 Å². The Kier molecular flexibility index (Phi) is 4.80. The summed E-state index contributed by atoms with van der Waals surface area (Å²) in [5.41, 5.74) is -5.56. The molecular weight excluding hydrogens is 337 g/mol. The van der Waals surface area contributed by atoms with Crippen molar-refractivity contribution in [1.29, 1.82) is 0 Å². The first kappa shape index (κ1) is 18.9. The summed E-state index contributed by atoms with van der Waals surface area (Å²) in [7, 11) is -1.55. The molecule has 0 bridgehead atoms. The second-order valence-corrected chi connectivity index (χ2v) is 6.41. The Balaban J connectivity index is 2.41. The Morgan fingerprint density at radius 1 is 1.04 bits per heavy atom. The first-order chi connectivity index (χ1) is 10.9. The minimum Gasteiger partial charge on any atom is -0.398 e. The molecule has 2 rings (SSSR count). The van der Waals surface area contributed by atoms with Crippen molar-refractivity contribution >= 4 is 13.2 Å². The molecule has 2 nitrogen and oxygen atoms in total. The maximum Gasteiger partial charge on any atom is 0.525 e. The van der Waals surface area contributed by atoms with Gasteiger partial charge < -0.3 is 9.31 Å². The molecule has 0 aliphatic carbocycles. The van der Waals surface area contributed by atoms with Gasteiger partial charge in [0.2, 0.25) is 0 Å². The van der Waals surface area contributed by atoms with Crippen LogP contribution < -0.4 is 0 Å². The number of hydrogen-bond donors (Lipinski definition) is 0. The van der Waals surface area contributed by atoms with Crippen LogP contribution in [0.2, 0.25) is 0 Å². The molecule has 0 saturated carbocycles. The minimum atomic E-state index is -3.40. The second-order valence-electron chi connectivity index (χ2n) is 6.41. The molecule has 1 heterocycles. The molecule has 1 saturated heterocycles. The maximum atomic E-state index is 14.2. The molecule has 0 amide bonds. The number of benzene rings is 1. The maximum absolute atomic E-state index is 14.2. The number of hydrogen-bond acceptors (Lipinski definition) is 2. The van der Waals surface area contributed by atoms with E-state index in [1.165, 1.54) is 0 Å². The molecule has 1 aromatic rings. The van der Waals surface area contributed by atoms with Crippen molar-refractivity contribution < 1.29 is 35.7 Å². The zero-order chi connectivity index (χ0) is 18.4. The molecule has 24 heavy (non-hydrogen) atoms. The monoisotopic (exact) mass is 352 g/mol. The molecule has 0 spiro atoms. The zero-order valence-electron chi connectivity index (χ0n) is 13.4. The van der Waals surface area contributed by atoms with Crippen LogP contribution in [0.25, 0.3) is 6.08 Å². The van der Waals surface area contributed by atoms with Gasteiger partial charge in [0.25, 0.3) is 6.43 Å². The van der Waals surface area contributed by atoms with Crippen LogP contribution in [-0.4, -0.2) is 18.3 Å². The Morgan fingerprint density at radius 3 is 2.00 bits per heavy atom. The fourth-order valence-electron chi connectivity index (χ4n) is 2.08. The average Bonchev–Trinajstić information content (AvgIpc) is 2.67. The normalized spacial score (nSPS) is 20.1. The average molecular weight is 352 g/mol. The minimum absolute atomic E-state index is 0.131. The molecule has 1 aliphatic heterocycles. The van der Waals surface area contributed by atoms with Gasteiger partial charge in [0.05, 0.1) is 22.3 Å². The van der Waals surface area contributed by atoms with Gasteiger partial charge in [-0.25, -0.2) is 26.3 Å². The molecule has 1 aliphatic rings. The highest BCUT2D eigenvalue weighted by atomic mass is 19.3. The highest BCUT2D eigenvalue weighted by Gasteiger charge is 2.53. The zero-order valence-corrected chi connectivity index (χ0v) is 13.4. The van der Waals surface area contributed by atoms with E-state index in [-0.39, 0.29) is 6.07 Å². The standard InChI is InChI=1S/C15H15BF6O2/c1-14(2)15(3,4)24-16(23-14)10(18)6-7-9(17)5-8(13(21)22)12(20)11(7)19/h5-6,13H,1-4H3. The SMILES string of the molecule is CC1(C)OB(C(F)=Cc2c(F)cc(C(F)F)c(F)c2F)OC1(C)C. The van der Waals surface area contributed by atoms with Crippen molar-refractivity contribution in [3.63, 3.8) is 0 Å². The van der Waals surface area contributed by atoms with E-state index in [1.54, 1.807) is 27.7 Å². The quantitative estimate of drug-likeness (QED) is 0.434. The molecule has 0 atom stereocenters. The molecule has 1 aromatic carbocycles. The van der Waals surface area contributed by atoms with Gasteiger partial charge in [-0.1, -0.05) is 0 Å². The number of rotatable bonds is 3. The Hall–Kier alpha value is -1.48. The first-order valence-electron chi connectivity index (χ1n) is 7.05. The van der Waals surface area contributed by atoms with Gasteiger partial charge in [-0.3, -0.25) is 0 Å². The van der Waals surface area contributed by atoms with E-state index in [2.05, 4.69) is 0 Å². The molecule has 0 N–H and O–H groups in total. The largest absolute Gasteiger partial charge is 0.525 e. The Labute approximate surface area is 135 Å². The third-order valence-corrected chi connectivity index (χ3v) is 4.22. The van der Waals surface area contributed by atoms with Crippen molar-refractivity contribution in [2.75, 3.05) is 0 Å². The Bertz CT molecular complexity index is 671. The molecule has 1 fully saturated rings. The van der Waals surface area contributed by atoms with E-state index in [1.807, 2.05) is 0 Å². The fourth-order valence-corrected chi connectivity index (χ4v) is 2.08. The molecular formula is C15H15BF6O2. The van der Waals surface area contributed by atoms with Gasteiger partial charge >= 0.3 is 7.12 Å². The van der Waals surface area contributed by atoms with Crippen molar-refractivity contribution in [1.82, 2.24) is 0 Å². The van der Waals surface area contributed by atoms with Gasteiger partial charge in [0.15, 0.2) is 11.6 Å². The summed E-state index contributed by atoms with van der Waals surface area (Å²) in [6.45, 7) is 6.55. The molecule has 132 valence electrons. The predicted molar refractivity (Wildman–Crippen MR) is 76.4 cm³/mol. The topological polar surface area (TPSA) is 18.5 Å². The smallest absolute Gasteiger partial charge is 0.398 e. The molecule has 0 unspecified atom stereocenters. The number of halogens is 6. The predicted octanol–water partition coefficient (Wildman–Crippen LogP) is 4.98. The van der Waals surface area contributed by atoms with Crippen molar-refractivity contribution in [2.24, 2.45) is 0 Å². The summed E-state index contributed by atoms with van der Waals surface area (Å²) in [6, 6.07) is 0.131. The summed E-state index contributed by atoms with van der Waals surface area (Å²) < 4.78 is 91.0. The molecule has 0 aromatic heterocycles. The first-order valence-corrected chi connectivity index (χ1v) is 7.05. The second kappa shape index (κ2) is 6.11. The molecule has 9 heteroatoms. The van der Waals surface area contributed by atoms with Crippen molar-refractivity contribution in [2.45, 2.75) is 45.3 Å². The van der Waals surface area contributed by atoms with Crippen LogP contribution in [0.1, 0.15) is 45.2 Å². The van der Waals surface area contributed by atoms with Crippen LogP contribution in [0.5, 0.6) is 0 Å². The van der Waals surface area contributed by atoms with Crippen LogP contribution in [0.3, 0.4) is 0 Å². The van der Waals surface area contributed by atoms with E-state index in [0.717, 1.165) is 0 Å². The van der Waals surface area contributed by atoms with Gasteiger partial charge in [-0.05, 0) is 39.8 Å². The molecule has 0 radical (unpaired) electrons. The van der Waals surface area contributed by atoms with Crippen LogP contribution in [0.4, 0.5) is 26.3 Å². The summed E-state index contributed by atoms with van der Waals surface area (Å²) >= 11 is 0. The third-order valence-electron chi connectivity index (χ3n) is 4.22. The van der Waals surface area contributed by atoms with Gasteiger partial charge in [-0.15, -0.1) is 0 Å². The highest BCUT2D eigenvalue weighted by molar-refractivity contribution is 6.54. The summed E-state index contributed by atoms with van der Waals surface area (Å²) in [6.07, 6.45) is -3.06. The van der Waals surface area contributed by atoms with E-state index in [4.69, 9.17) is 9.31 Å². The van der Waals surface area contributed by atoms with Crippen molar-refractivity contribution in [3.8, 4) is 0 Å². The lowest BCUT2D eigenvalue weighted by atomic mass is 9.86. The van der Waals surface area contributed by atoms with Gasteiger partial charge in [-0.2, -0.15) is 0 Å². The van der Waals surface area contributed by atoms with E-state index in [9.17, 15) is 26.3 Å². The van der Waals surface area contributed by atoms with Crippen LogP contribution >= 0.6 is 0 Å². The fraction of sp³-hybridized carbons (Fsp3) is 0.467. The lowest BCUT2D eigenvalue weighted by Gasteiger charge is -2.32. The van der Waals surface area contributed by atoms with Gasteiger partial charge in [0, 0.05) is 0 Å². The van der Waals surface area contributed by atoms with Gasteiger partial charge in [0.1, 0.15) is 11.5 Å². The summed E-state index contributed by atoms with van der Waals surface area (Å²) in [4.78, 5) is 0. The lowest BCUT2D eigenvalue weighted by molar-refractivity contribution is 0.00578. The third kappa shape index (κ3) is 3.19. The van der Waals surface area contributed by atoms with Crippen LogP contribution in [-0.2, 0) is 9.31 Å². The van der Waals surface area contributed by atoms with Crippen LogP contribution in [0, 0.1) is 17.5 Å².